The first-order valence-corrected chi connectivity index (χ1v) is 6.98. The topological polar surface area (TPSA) is 42.4 Å². The smallest absolute Gasteiger partial charge is 0.118 e. The number of rotatable bonds is 3. The maximum Gasteiger partial charge on any atom is 0.118 e. The molecule has 0 atom stereocenters. The maximum atomic E-state index is 5.59. The average molecular weight is 250 g/mol. The van der Waals surface area contributed by atoms with Crippen LogP contribution in [0.2, 0.25) is 0 Å². The Kier molecular flexibility index (Phi) is 4.13. The predicted octanol–water partition coefficient (Wildman–Crippen LogP) is 3.00. The second kappa shape index (κ2) is 5.45. The number of hydrogen-bond acceptors (Lipinski definition) is 3. The quantitative estimate of drug-likeness (QED) is 0.896. The summed E-state index contributed by atoms with van der Waals surface area (Å²) >= 11 is 0. The third kappa shape index (κ3) is 3.36. The molecule has 0 bridgehead atoms. The molecule has 3 heteroatoms. The van der Waals surface area contributed by atoms with Crippen LogP contribution in [0.1, 0.15) is 44.9 Å². The van der Waals surface area contributed by atoms with Gasteiger partial charge >= 0.3 is 0 Å². The van der Waals surface area contributed by atoms with Gasteiger partial charge in [0.25, 0.3) is 0 Å². The summed E-state index contributed by atoms with van der Waals surface area (Å²) in [5, 5.41) is 0. The van der Waals surface area contributed by atoms with Crippen LogP contribution in [0.3, 0.4) is 0 Å². The predicted molar refractivity (Wildman–Crippen MR) is 74.1 cm³/mol. The van der Waals surface area contributed by atoms with Crippen molar-refractivity contribution < 1.29 is 4.42 Å². The van der Waals surface area contributed by atoms with Crippen LogP contribution in [0.15, 0.2) is 16.7 Å². The molecule has 2 rings (SSSR count). The normalized spacial score (nSPS) is 19.3. The molecule has 1 aromatic heterocycles. The standard InChI is InChI=1S/C15H26N2O/c1-15(2,3)13-4-6-17(7-5-13)10-14-8-12(9-16)11-18-14/h8,11,13H,4-7,9-10,16H2,1-3H3. The lowest BCUT2D eigenvalue weighted by Crippen LogP contribution is -2.37. The van der Waals surface area contributed by atoms with Crippen molar-refractivity contribution in [2.24, 2.45) is 17.1 Å². The molecule has 2 N–H and O–H groups in total. The van der Waals surface area contributed by atoms with Gasteiger partial charge in [-0.05, 0) is 43.3 Å². The van der Waals surface area contributed by atoms with E-state index < -0.39 is 0 Å². The minimum atomic E-state index is 0.448. The Bertz CT molecular complexity index is 370. The van der Waals surface area contributed by atoms with E-state index >= 15 is 0 Å². The van der Waals surface area contributed by atoms with Crippen LogP contribution >= 0.6 is 0 Å². The number of nitrogens with zero attached hydrogens (tertiary/aromatic N) is 1. The summed E-state index contributed by atoms with van der Waals surface area (Å²) in [5.41, 5.74) is 7.13. The summed E-state index contributed by atoms with van der Waals surface area (Å²) in [6, 6.07) is 2.08. The van der Waals surface area contributed by atoms with Crippen LogP contribution in [-0.4, -0.2) is 18.0 Å². The fourth-order valence-electron chi connectivity index (χ4n) is 2.79. The molecular weight excluding hydrogens is 224 g/mol. The molecule has 102 valence electrons. The number of furan rings is 1. The molecule has 0 radical (unpaired) electrons. The molecule has 2 heterocycles. The second-order valence-corrected chi connectivity index (χ2v) is 6.54. The molecular formula is C15H26N2O. The first-order valence-electron chi connectivity index (χ1n) is 6.98. The van der Waals surface area contributed by atoms with Gasteiger partial charge < -0.3 is 10.2 Å². The Morgan fingerprint density at radius 3 is 2.50 bits per heavy atom. The Balaban J connectivity index is 1.83. The molecule has 18 heavy (non-hydrogen) atoms. The zero-order valence-electron chi connectivity index (χ0n) is 11.9. The Labute approximate surface area is 110 Å². The van der Waals surface area contributed by atoms with Crippen LogP contribution in [0.4, 0.5) is 0 Å². The molecule has 0 amide bonds. The summed E-state index contributed by atoms with van der Waals surface area (Å²) < 4.78 is 5.53. The first-order chi connectivity index (χ1) is 8.49. The largest absolute Gasteiger partial charge is 0.468 e. The van der Waals surface area contributed by atoms with Gasteiger partial charge in [-0.2, -0.15) is 0 Å². The molecule has 0 aliphatic carbocycles. The maximum absolute atomic E-state index is 5.59. The van der Waals surface area contributed by atoms with E-state index in [1.54, 1.807) is 6.26 Å². The van der Waals surface area contributed by atoms with Crippen molar-refractivity contribution in [1.82, 2.24) is 4.90 Å². The SMILES string of the molecule is CC(C)(C)C1CCN(Cc2cc(CN)co2)CC1. The lowest BCUT2D eigenvalue weighted by molar-refractivity contribution is 0.103. The Morgan fingerprint density at radius 2 is 2.00 bits per heavy atom. The molecule has 0 spiro atoms. The highest BCUT2D eigenvalue weighted by molar-refractivity contribution is 5.12. The average Bonchev–Trinajstić information content (AvgIpc) is 2.76. The van der Waals surface area contributed by atoms with Gasteiger partial charge in [0.1, 0.15) is 5.76 Å². The van der Waals surface area contributed by atoms with Gasteiger partial charge in [-0.3, -0.25) is 4.90 Å². The molecule has 1 aliphatic heterocycles. The monoisotopic (exact) mass is 250 g/mol. The van der Waals surface area contributed by atoms with Crippen LogP contribution in [0, 0.1) is 11.3 Å². The van der Waals surface area contributed by atoms with Gasteiger partial charge in [0.2, 0.25) is 0 Å². The Hall–Kier alpha value is -0.800. The number of hydrogen-bond donors (Lipinski definition) is 1. The van der Waals surface area contributed by atoms with E-state index in [2.05, 4.69) is 31.7 Å². The molecule has 0 unspecified atom stereocenters. The van der Waals surface area contributed by atoms with E-state index in [0.29, 0.717) is 12.0 Å². The van der Waals surface area contributed by atoms with Crippen LogP contribution in [0.25, 0.3) is 0 Å². The Morgan fingerprint density at radius 1 is 1.33 bits per heavy atom. The van der Waals surface area contributed by atoms with Gasteiger partial charge in [-0.15, -0.1) is 0 Å². The van der Waals surface area contributed by atoms with Crippen LogP contribution in [-0.2, 0) is 13.1 Å². The number of likely N-dealkylation sites (tertiary alicyclic amines) is 1. The zero-order valence-corrected chi connectivity index (χ0v) is 11.9. The minimum absolute atomic E-state index is 0.448. The van der Waals surface area contributed by atoms with E-state index in [-0.39, 0.29) is 0 Å². The minimum Gasteiger partial charge on any atom is -0.468 e. The number of piperidine rings is 1. The fourth-order valence-corrected chi connectivity index (χ4v) is 2.79. The fraction of sp³-hybridized carbons (Fsp3) is 0.733. The summed E-state index contributed by atoms with van der Waals surface area (Å²) in [5.74, 6) is 1.90. The molecule has 1 fully saturated rings. The van der Waals surface area contributed by atoms with Crippen LogP contribution < -0.4 is 5.73 Å². The van der Waals surface area contributed by atoms with E-state index in [4.69, 9.17) is 10.2 Å². The summed E-state index contributed by atoms with van der Waals surface area (Å²) in [6.45, 7) is 10.9. The number of nitrogens with two attached hydrogens (primary N) is 1. The first kappa shape index (κ1) is 13.6. The van der Waals surface area contributed by atoms with E-state index in [9.17, 15) is 0 Å². The van der Waals surface area contributed by atoms with Crippen molar-refractivity contribution in [3.8, 4) is 0 Å². The molecule has 1 aromatic rings. The highest BCUT2D eigenvalue weighted by Crippen LogP contribution is 2.34. The molecule has 3 nitrogen and oxygen atoms in total. The van der Waals surface area contributed by atoms with Crippen molar-refractivity contribution in [2.45, 2.75) is 46.7 Å². The van der Waals surface area contributed by atoms with Gasteiger partial charge in [-0.25, -0.2) is 0 Å². The molecule has 0 saturated carbocycles. The highest BCUT2D eigenvalue weighted by atomic mass is 16.3. The van der Waals surface area contributed by atoms with Crippen molar-refractivity contribution in [3.05, 3.63) is 23.7 Å². The van der Waals surface area contributed by atoms with Crippen molar-refractivity contribution in [1.29, 1.82) is 0 Å². The summed E-state index contributed by atoms with van der Waals surface area (Å²) in [4.78, 5) is 2.49. The van der Waals surface area contributed by atoms with E-state index in [0.717, 1.165) is 23.8 Å². The lowest BCUT2D eigenvalue weighted by Gasteiger charge is -2.38. The summed E-state index contributed by atoms with van der Waals surface area (Å²) in [6.07, 6.45) is 4.37. The molecule has 1 saturated heterocycles. The van der Waals surface area contributed by atoms with Gasteiger partial charge in [0, 0.05) is 12.1 Å². The van der Waals surface area contributed by atoms with Gasteiger partial charge in [0.15, 0.2) is 0 Å². The zero-order chi connectivity index (χ0) is 13.2. The molecule has 0 aromatic carbocycles. The van der Waals surface area contributed by atoms with Gasteiger partial charge in [-0.1, -0.05) is 20.8 Å². The van der Waals surface area contributed by atoms with Crippen molar-refractivity contribution >= 4 is 0 Å². The van der Waals surface area contributed by atoms with Gasteiger partial charge in [0.05, 0.1) is 12.8 Å². The third-order valence-corrected chi connectivity index (χ3v) is 4.14. The lowest BCUT2D eigenvalue weighted by atomic mass is 9.75. The van der Waals surface area contributed by atoms with E-state index in [1.807, 2.05) is 0 Å². The van der Waals surface area contributed by atoms with Crippen molar-refractivity contribution in [2.75, 3.05) is 13.1 Å². The highest BCUT2D eigenvalue weighted by Gasteiger charge is 2.28. The molecule has 1 aliphatic rings. The van der Waals surface area contributed by atoms with Crippen molar-refractivity contribution in [3.63, 3.8) is 0 Å². The van der Waals surface area contributed by atoms with Crippen LogP contribution in [0.5, 0.6) is 0 Å². The second-order valence-electron chi connectivity index (χ2n) is 6.54. The summed E-state index contributed by atoms with van der Waals surface area (Å²) in [7, 11) is 0. The van der Waals surface area contributed by atoms with E-state index in [1.165, 1.54) is 25.9 Å². The third-order valence-electron chi connectivity index (χ3n) is 4.14.